The van der Waals surface area contributed by atoms with Crippen LogP contribution in [0.15, 0.2) is 97.1 Å². The van der Waals surface area contributed by atoms with Gasteiger partial charge in [-0.3, -0.25) is 4.79 Å². The molecule has 0 spiro atoms. The molecule has 136 valence electrons. The number of carbonyl (C=O) groups is 1. The molecular formula is C25H24O2. The number of rotatable bonds is 7. The van der Waals surface area contributed by atoms with Gasteiger partial charge >= 0.3 is 0 Å². The smallest absolute Gasteiger partial charge is 0.161 e. The van der Waals surface area contributed by atoms with E-state index < -0.39 is 12.0 Å². The Hall–Kier alpha value is -2.97. The maximum atomic E-state index is 12.7. The van der Waals surface area contributed by atoms with Crippen molar-refractivity contribution >= 4 is 11.9 Å². The first-order valence-electron chi connectivity index (χ1n) is 9.22. The lowest BCUT2D eigenvalue weighted by Crippen LogP contribution is -2.31. The van der Waals surface area contributed by atoms with E-state index in [0.717, 1.165) is 16.7 Å². The summed E-state index contributed by atoms with van der Waals surface area (Å²) >= 11 is 0. The second-order valence-corrected chi connectivity index (χ2v) is 6.72. The van der Waals surface area contributed by atoms with Crippen LogP contribution in [0, 0.1) is 5.92 Å². The summed E-state index contributed by atoms with van der Waals surface area (Å²) in [6.45, 7) is 1.79. The van der Waals surface area contributed by atoms with E-state index in [2.05, 4.69) is 0 Å². The molecule has 0 bridgehead atoms. The summed E-state index contributed by atoms with van der Waals surface area (Å²) in [5.74, 6) is -0.852. The van der Waals surface area contributed by atoms with Gasteiger partial charge in [0.1, 0.15) is 0 Å². The van der Waals surface area contributed by atoms with Crippen LogP contribution in [-0.2, 0) is 4.79 Å². The van der Waals surface area contributed by atoms with Crippen LogP contribution in [0.25, 0.3) is 6.08 Å². The Morgan fingerprint density at radius 2 is 1.22 bits per heavy atom. The van der Waals surface area contributed by atoms with E-state index in [9.17, 15) is 9.90 Å². The lowest BCUT2D eigenvalue weighted by molar-refractivity contribution is -0.121. The van der Waals surface area contributed by atoms with E-state index in [1.165, 1.54) is 0 Å². The molecule has 3 aromatic carbocycles. The SMILES string of the molecule is CC(C(=O)/C=C/c1ccccc1)C(O)C(c1ccccc1)c1ccccc1. The molecule has 0 heterocycles. The van der Waals surface area contributed by atoms with Gasteiger partial charge in [-0.15, -0.1) is 0 Å². The van der Waals surface area contributed by atoms with Crippen LogP contribution in [0.1, 0.15) is 29.5 Å². The van der Waals surface area contributed by atoms with Crippen molar-refractivity contribution in [3.63, 3.8) is 0 Å². The molecule has 0 saturated carbocycles. The number of hydrogen-bond donors (Lipinski definition) is 1. The summed E-state index contributed by atoms with van der Waals surface area (Å²) < 4.78 is 0. The highest BCUT2D eigenvalue weighted by Gasteiger charge is 2.30. The number of aliphatic hydroxyl groups is 1. The van der Waals surface area contributed by atoms with Gasteiger partial charge in [0.2, 0.25) is 0 Å². The van der Waals surface area contributed by atoms with Crippen molar-refractivity contribution in [1.29, 1.82) is 0 Å². The minimum Gasteiger partial charge on any atom is -0.391 e. The highest BCUT2D eigenvalue weighted by atomic mass is 16.3. The summed E-state index contributed by atoms with van der Waals surface area (Å²) in [7, 11) is 0. The predicted molar refractivity (Wildman–Crippen MR) is 110 cm³/mol. The van der Waals surface area contributed by atoms with Gasteiger partial charge in [0.15, 0.2) is 5.78 Å². The third-order valence-electron chi connectivity index (χ3n) is 4.86. The fraction of sp³-hybridized carbons (Fsp3) is 0.160. The van der Waals surface area contributed by atoms with Gasteiger partial charge in [0, 0.05) is 11.8 Å². The van der Waals surface area contributed by atoms with Crippen LogP contribution in [-0.4, -0.2) is 17.0 Å². The molecule has 0 aliphatic rings. The van der Waals surface area contributed by atoms with E-state index >= 15 is 0 Å². The maximum Gasteiger partial charge on any atom is 0.161 e. The molecule has 2 nitrogen and oxygen atoms in total. The zero-order valence-corrected chi connectivity index (χ0v) is 15.4. The van der Waals surface area contributed by atoms with Crippen molar-refractivity contribution in [2.75, 3.05) is 0 Å². The molecule has 2 unspecified atom stereocenters. The van der Waals surface area contributed by atoms with E-state index in [1.54, 1.807) is 19.1 Å². The van der Waals surface area contributed by atoms with Crippen molar-refractivity contribution in [2.45, 2.75) is 18.9 Å². The van der Waals surface area contributed by atoms with Crippen LogP contribution in [0.4, 0.5) is 0 Å². The molecular weight excluding hydrogens is 332 g/mol. The first kappa shape index (κ1) is 18.8. The van der Waals surface area contributed by atoms with E-state index in [4.69, 9.17) is 0 Å². The Bertz CT molecular complexity index is 830. The van der Waals surface area contributed by atoms with Gasteiger partial charge < -0.3 is 5.11 Å². The molecule has 0 amide bonds. The predicted octanol–water partition coefficient (Wildman–Crippen LogP) is 5.10. The number of allylic oxidation sites excluding steroid dienone is 1. The second kappa shape index (κ2) is 9.11. The van der Waals surface area contributed by atoms with Gasteiger partial charge in [0.05, 0.1) is 6.10 Å². The molecule has 3 aromatic rings. The summed E-state index contributed by atoms with van der Waals surface area (Å²) in [4.78, 5) is 12.7. The van der Waals surface area contributed by atoms with Crippen molar-refractivity contribution in [2.24, 2.45) is 5.92 Å². The molecule has 3 rings (SSSR count). The third-order valence-corrected chi connectivity index (χ3v) is 4.86. The quantitative estimate of drug-likeness (QED) is 0.598. The van der Waals surface area contributed by atoms with E-state index in [-0.39, 0.29) is 11.7 Å². The number of benzene rings is 3. The number of carbonyl (C=O) groups excluding carboxylic acids is 1. The molecule has 0 radical (unpaired) electrons. The topological polar surface area (TPSA) is 37.3 Å². The third kappa shape index (κ3) is 4.81. The van der Waals surface area contributed by atoms with Crippen LogP contribution in [0.5, 0.6) is 0 Å². The van der Waals surface area contributed by atoms with E-state index in [0.29, 0.717) is 0 Å². The Morgan fingerprint density at radius 1 is 0.778 bits per heavy atom. The number of ketones is 1. The molecule has 0 aliphatic heterocycles. The zero-order chi connectivity index (χ0) is 19.1. The number of hydrogen-bond acceptors (Lipinski definition) is 2. The molecule has 0 aromatic heterocycles. The normalized spacial score (nSPS) is 13.6. The first-order chi connectivity index (χ1) is 13.2. The largest absolute Gasteiger partial charge is 0.391 e. The zero-order valence-electron chi connectivity index (χ0n) is 15.4. The summed E-state index contributed by atoms with van der Waals surface area (Å²) in [6, 6.07) is 29.4. The highest BCUT2D eigenvalue weighted by molar-refractivity contribution is 5.95. The molecule has 0 saturated heterocycles. The van der Waals surface area contributed by atoms with Crippen molar-refractivity contribution < 1.29 is 9.90 Å². The molecule has 2 atom stereocenters. The number of aliphatic hydroxyl groups excluding tert-OH is 1. The van der Waals surface area contributed by atoms with Crippen LogP contribution >= 0.6 is 0 Å². The lowest BCUT2D eigenvalue weighted by Gasteiger charge is -2.27. The lowest BCUT2D eigenvalue weighted by atomic mass is 9.80. The standard InChI is InChI=1S/C25H24O2/c1-19(23(26)18-17-20-11-5-2-6-12-20)25(27)24(21-13-7-3-8-14-21)22-15-9-4-10-16-22/h2-19,24-25,27H,1H3/b18-17+. The first-order valence-corrected chi connectivity index (χ1v) is 9.22. The average Bonchev–Trinajstić information content (AvgIpc) is 2.74. The molecule has 0 aliphatic carbocycles. The monoisotopic (exact) mass is 356 g/mol. The van der Waals surface area contributed by atoms with Crippen molar-refractivity contribution in [1.82, 2.24) is 0 Å². The van der Waals surface area contributed by atoms with Crippen LogP contribution < -0.4 is 0 Å². The minimum atomic E-state index is -0.817. The maximum absolute atomic E-state index is 12.7. The fourth-order valence-corrected chi connectivity index (χ4v) is 3.26. The van der Waals surface area contributed by atoms with Crippen molar-refractivity contribution in [3.05, 3.63) is 114 Å². The van der Waals surface area contributed by atoms with Gasteiger partial charge in [-0.1, -0.05) is 104 Å². The van der Waals surface area contributed by atoms with E-state index in [1.807, 2.05) is 91.0 Å². The molecule has 27 heavy (non-hydrogen) atoms. The van der Waals surface area contributed by atoms with Gasteiger partial charge in [-0.25, -0.2) is 0 Å². The second-order valence-electron chi connectivity index (χ2n) is 6.72. The summed E-state index contributed by atoms with van der Waals surface area (Å²) in [5, 5.41) is 11.1. The van der Waals surface area contributed by atoms with Gasteiger partial charge in [-0.2, -0.15) is 0 Å². The molecule has 2 heteroatoms. The molecule has 1 N–H and O–H groups in total. The fourth-order valence-electron chi connectivity index (χ4n) is 3.26. The highest BCUT2D eigenvalue weighted by Crippen LogP contribution is 2.32. The van der Waals surface area contributed by atoms with Gasteiger partial charge in [0.25, 0.3) is 0 Å². The summed E-state index contributed by atoms with van der Waals surface area (Å²) in [5.41, 5.74) is 2.97. The van der Waals surface area contributed by atoms with Crippen LogP contribution in [0.2, 0.25) is 0 Å². The Balaban J connectivity index is 1.84. The Labute approximate surface area is 160 Å². The van der Waals surface area contributed by atoms with Crippen LogP contribution in [0.3, 0.4) is 0 Å². The Morgan fingerprint density at radius 3 is 1.70 bits per heavy atom. The Kier molecular flexibility index (Phi) is 6.35. The summed E-state index contributed by atoms with van der Waals surface area (Å²) in [6.07, 6.45) is 2.55. The van der Waals surface area contributed by atoms with Gasteiger partial charge in [-0.05, 0) is 22.8 Å². The minimum absolute atomic E-state index is 0.0804. The molecule has 0 fully saturated rings. The van der Waals surface area contributed by atoms with Crippen molar-refractivity contribution in [3.8, 4) is 0 Å². The average molecular weight is 356 g/mol.